The molecule has 8 nitrogen and oxygen atoms in total. The molecule has 2 aromatic heterocycles. The van der Waals surface area contributed by atoms with Crippen molar-refractivity contribution in [2.24, 2.45) is 4.99 Å². The van der Waals surface area contributed by atoms with Crippen LogP contribution in [0.3, 0.4) is 0 Å². The molecule has 0 aliphatic carbocycles. The maximum Gasteiger partial charge on any atom is 0.193 e. The van der Waals surface area contributed by atoms with Crippen LogP contribution in [-0.2, 0) is 13.0 Å². The molecule has 0 amide bonds. The van der Waals surface area contributed by atoms with Gasteiger partial charge in [-0.15, -0.1) is 10.2 Å². The Hall–Kier alpha value is -3.29. The summed E-state index contributed by atoms with van der Waals surface area (Å²) in [5, 5.41) is 11.8. The monoisotopic (exact) mass is 382 g/mol. The zero-order valence-corrected chi connectivity index (χ0v) is 16.7. The third-order valence-corrected chi connectivity index (χ3v) is 4.49. The van der Waals surface area contributed by atoms with Crippen LogP contribution in [0.2, 0.25) is 0 Å². The van der Waals surface area contributed by atoms with Crippen molar-refractivity contribution in [2.75, 3.05) is 34.9 Å². The Morgan fingerprint density at radius 2 is 2.04 bits per heavy atom. The molecule has 148 valence electrons. The number of rotatable bonds is 7. The molecule has 0 fully saturated rings. The van der Waals surface area contributed by atoms with Crippen molar-refractivity contribution < 1.29 is 9.47 Å². The zero-order valence-electron chi connectivity index (χ0n) is 16.7. The topological polar surface area (TPSA) is 76.3 Å². The van der Waals surface area contributed by atoms with E-state index in [2.05, 4.69) is 20.5 Å². The molecule has 0 radical (unpaired) electrons. The lowest BCUT2D eigenvalue weighted by molar-refractivity contribution is 0.382. The van der Waals surface area contributed by atoms with Crippen LogP contribution in [0.1, 0.15) is 11.4 Å². The Balaban J connectivity index is 1.60. The summed E-state index contributed by atoms with van der Waals surface area (Å²) in [5.74, 6) is 3.27. The van der Waals surface area contributed by atoms with Crippen LogP contribution >= 0.6 is 0 Å². The van der Waals surface area contributed by atoms with Gasteiger partial charge in [0.2, 0.25) is 0 Å². The van der Waals surface area contributed by atoms with Crippen molar-refractivity contribution in [3.05, 3.63) is 54.0 Å². The maximum absolute atomic E-state index is 5.49. The molecule has 1 N–H and O–H groups in total. The number of aromatic nitrogens is 3. The lowest BCUT2D eigenvalue weighted by Gasteiger charge is -2.23. The van der Waals surface area contributed by atoms with Crippen LogP contribution in [0, 0.1) is 0 Å². The van der Waals surface area contributed by atoms with Gasteiger partial charge in [0.15, 0.2) is 11.6 Å². The zero-order chi connectivity index (χ0) is 19.9. The van der Waals surface area contributed by atoms with Crippen LogP contribution in [0.5, 0.6) is 11.5 Å². The van der Waals surface area contributed by atoms with Crippen molar-refractivity contribution >= 4 is 11.6 Å². The van der Waals surface area contributed by atoms with Gasteiger partial charge in [-0.25, -0.2) is 0 Å². The molecule has 0 aliphatic heterocycles. The largest absolute Gasteiger partial charge is 0.497 e. The molecule has 0 spiro atoms. The van der Waals surface area contributed by atoms with E-state index in [0.717, 1.165) is 40.9 Å². The summed E-state index contributed by atoms with van der Waals surface area (Å²) < 4.78 is 12.7. The Morgan fingerprint density at radius 3 is 2.79 bits per heavy atom. The second kappa shape index (κ2) is 9.07. The van der Waals surface area contributed by atoms with Crippen molar-refractivity contribution in [3.63, 3.8) is 0 Å². The summed E-state index contributed by atoms with van der Waals surface area (Å²) in [6.07, 6.45) is 2.71. The quantitative estimate of drug-likeness (QED) is 0.498. The number of hydrogen-bond donors (Lipinski definition) is 1. The third-order valence-electron chi connectivity index (χ3n) is 4.49. The number of pyridine rings is 1. The van der Waals surface area contributed by atoms with E-state index in [1.165, 1.54) is 0 Å². The van der Waals surface area contributed by atoms with Gasteiger partial charge in [-0.2, -0.15) is 0 Å². The first-order chi connectivity index (χ1) is 13.7. The van der Waals surface area contributed by atoms with Gasteiger partial charge in [-0.05, 0) is 24.3 Å². The number of ether oxygens (including phenoxy) is 2. The fraction of sp³-hybridized carbons (Fsp3) is 0.350. The Bertz CT molecular complexity index is 953. The second-order valence-electron chi connectivity index (χ2n) is 6.30. The summed E-state index contributed by atoms with van der Waals surface area (Å²) in [7, 11) is 7.07. The van der Waals surface area contributed by atoms with E-state index >= 15 is 0 Å². The molecule has 3 rings (SSSR count). The number of methoxy groups -OCH3 is 2. The maximum atomic E-state index is 5.49. The lowest BCUT2D eigenvalue weighted by Crippen LogP contribution is -2.39. The van der Waals surface area contributed by atoms with Crippen molar-refractivity contribution in [2.45, 2.75) is 13.0 Å². The average Bonchev–Trinajstić information content (AvgIpc) is 3.14. The third kappa shape index (κ3) is 4.33. The highest BCUT2D eigenvalue weighted by molar-refractivity contribution is 5.79. The summed E-state index contributed by atoms with van der Waals surface area (Å²) >= 11 is 0. The minimum absolute atomic E-state index is 0.653. The first-order valence-electron chi connectivity index (χ1n) is 9.07. The van der Waals surface area contributed by atoms with Gasteiger partial charge >= 0.3 is 0 Å². The predicted octanol–water partition coefficient (Wildman–Crippen LogP) is 2.00. The molecule has 0 unspecified atom stereocenters. The van der Waals surface area contributed by atoms with E-state index in [1.807, 2.05) is 58.9 Å². The molecule has 0 bridgehead atoms. The summed E-state index contributed by atoms with van der Waals surface area (Å²) in [4.78, 5) is 6.43. The minimum Gasteiger partial charge on any atom is -0.497 e. The number of fused-ring (bicyclic) bond motifs is 1. The van der Waals surface area contributed by atoms with Gasteiger partial charge in [0, 0.05) is 51.4 Å². The molecule has 2 heterocycles. The minimum atomic E-state index is 0.653. The molecule has 0 saturated carbocycles. The molecule has 0 aliphatic rings. The number of nitrogens with one attached hydrogen (secondary N) is 1. The number of guanidine groups is 1. The SMILES string of the molecule is CN=C(NCCc1nnc2ccccn12)N(C)Cc1ccc(OC)cc1OC. The van der Waals surface area contributed by atoms with Crippen molar-refractivity contribution in [1.29, 1.82) is 0 Å². The van der Waals surface area contributed by atoms with Gasteiger partial charge < -0.3 is 19.7 Å². The van der Waals surface area contributed by atoms with Crippen molar-refractivity contribution in [1.82, 2.24) is 24.8 Å². The van der Waals surface area contributed by atoms with E-state index in [0.29, 0.717) is 13.1 Å². The standard InChI is InChI=1S/C20H26N6O2/c1-21-20(22-11-10-19-24-23-18-7-5-6-12-26(18)19)25(2)14-15-8-9-16(27-3)13-17(15)28-4/h5-9,12-13H,10-11,14H2,1-4H3,(H,21,22). The van der Waals surface area contributed by atoms with Gasteiger partial charge in [-0.1, -0.05) is 6.07 Å². The van der Waals surface area contributed by atoms with Gasteiger partial charge in [0.1, 0.15) is 17.3 Å². The van der Waals surface area contributed by atoms with E-state index in [9.17, 15) is 0 Å². The number of aliphatic imine (C=N–C) groups is 1. The molecular formula is C20H26N6O2. The van der Waals surface area contributed by atoms with E-state index in [4.69, 9.17) is 9.47 Å². The van der Waals surface area contributed by atoms with Gasteiger partial charge in [-0.3, -0.25) is 9.39 Å². The van der Waals surface area contributed by atoms with Crippen LogP contribution in [0.15, 0.2) is 47.6 Å². The molecular weight excluding hydrogens is 356 g/mol. The van der Waals surface area contributed by atoms with Crippen LogP contribution in [0.25, 0.3) is 5.65 Å². The van der Waals surface area contributed by atoms with Gasteiger partial charge in [0.05, 0.1) is 14.2 Å². The predicted molar refractivity (Wildman–Crippen MR) is 109 cm³/mol. The fourth-order valence-electron chi connectivity index (χ4n) is 3.05. The lowest BCUT2D eigenvalue weighted by atomic mass is 10.2. The molecule has 28 heavy (non-hydrogen) atoms. The Labute approximate surface area is 164 Å². The van der Waals surface area contributed by atoms with Crippen LogP contribution < -0.4 is 14.8 Å². The summed E-state index contributed by atoms with van der Waals surface area (Å²) in [5.41, 5.74) is 1.91. The highest BCUT2D eigenvalue weighted by Crippen LogP contribution is 2.25. The number of hydrogen-bond acceptors (Lipinski definition) is 5. The fourth-order valence-corrected chi connectivity index (χ4v) is 3.05. The molecule has 1 aromatic carbocycles. The highest BCUT2D eigenvalue weighted by Gasteiger charge is 2.12. The van der Waals surface area contributed by atoms with Crippen molar-refractivity contribution in [3.8, 4) is 11.5 Å². The summed E-state index contributed by atoms with van der Waals surface area (Å²) in [6, 6.07) is 11.7. The first-order valence-corrected chi connectivity index (χ1v) is 9.07. The normalized spacial score (nSPS) is 11.5. The number of nitrogens with zero attached hydrogens (tertiary/aromatic N) is 5. The van der Waals surface area contributed by atoms with E-state index < -0.39 is 0 Å². The Kier molecular flexibility index (Phi) is 6.31. The summed E-state index contributed by atoms with van der Waals surface area (Å²) in [6.45, 7) is 1.35. The first kappa shape index (κ1) is 19.5. The van der Waals surface area contributed by atoms with E-state index in [-0.39, 0.29) is 0 Å². The van der Waals surface area contributed by atoms with E-state index in [1.54, 1.807) is 21.3 Å². The molecule has 0 atom stereocenters. The molecule has 8 heteroatoms. The van der Waals surface area contributed by atoms with Crippen LogP contribution in [0.4, 0.5) is 0 Å². The average molecular weight is 382 g/mol. The number of benzene rings is 1. The smallest absolute Gasteiger partial charge is 0.193 e. The molecule has 0 saturated heterocycles. The second-order valence-corrected chi connectivity index (χ2v) is 6.30. The molecule has 3 aromatic rings. The Morgan fingerprint density at radius 1 is 1.18 bits per heavy atom. The van der Waals surface area contributed by atoms with Gasteiger partial charge in [0.25, 0.3) is 0 Å². The van der Waals surface area contributed by atoms with Crippen LogP contribution in [-0.4, -0.2) is 60.3 Å². The highest BCUT2D eigenvalue weighted by atomic mass is 16.5.